The molecule has 3 unspecified atom stereocenters. The minimum absolute atomic E-state index is 0.189. The van der Waals surface area contributed by atoms with Gasteiger partial charge in [0.1, 0.15) is 11.9 Å². The van der Waals surface area contributed by atoms with Crippen molar-refractivity contribution in [3.63, 3.8) is 0 Å². The van der Waals surface area contributed by atoms with Crippen molar-refractivity contribution < 1.29 is 4.74 Å². The zero-order valence-corrected chi connectivity index (χ0v) is 12.4. The average Bonchev–Trinajstić information content (AvgIpc) is 2.40. The summed E-state index contributed by atoms with van der Waals surface area (Å²) in [5, 5.41) is 3.29. The van der Waals surface area contributed by atoms with Gasteiger partial charge < -0.3 is 10.1 Å². The number of ether oxygens (including phenoxy) is 1. The van der Waals surface area contributed by atoms with E-state index in [1.54, 1.807) is 0 Å². The molecule has 0 aliphatic heterocycles. The summed E-state index contributed by atoms with van der Waals surface area (Å²) in [5.41, 5.74) is 1.39. The van der Waals surface area contributed by atoms with E-state index in [1.165, 1.54) is 12.0 Å². The van der Waals surface area contributed by atoms with Gasteiger partial charge in [0.05, 0.1) is 0 Å². The first-order valence-electron chi connectivity index (χ1n) is 7.06. The number of hydrogen-bond donors (Lipinski definition) is 1. The molecule has 3 atom stereocenters. The smallest absolute Gasteiger partial charge is 0.119 e. The van der Waals surface area contributed by atoms with Gasteiger partial charge in [0.2, 0.25) is 0 Å². The van der Waals surface area contributed by atoms with E-state index in [4.69, 9.17) is 4.74 Å². The monoisotopic (exact) mass is 249 g/mol. The summed E-state index contributed by atoms with van der Waals surface area (Å²) in [7, 11) is 1.99. The van der Waals surface area contributed by atoms with E-state index in [2.05, 4.69) is 57.3 Å². The van der Waals surface area contributed by atoms with Gasteiger partial charge in [-0.3, -0.25) is 0 Å². The molecule has 0 amide bonds. The SMILES string of the molecule is CCC(C)c1ccc(OC(C)C(CC)NC)cc1. The summed E-state index contributed by atoms with van der Waals surface area (Å²) in [6.45, 7) is 8.77. The molecule has 0 saturated heterocycles. The maximum absolute atomic E-state index is 5.96. The van der Waals surface area contributed by atoms with Crippen molar-refractivity contribution in [2.75, 3.05) is 7.05 Å². The highest BCUT2D eigenvalue weighted by Crippen LogP contribution is 2.22. The fraction of sp³-hybridized carbons (Fsp3) is 0.625. The van der Waals surface area contributed by atoms with Crippen LogP contribution >= 0.6 is 0 Å². The van der Waals surface area contributed by atoms with Crippen LogP contribution in [0.5, 0.6) is 5.75 Å². The molecule has 18 heavy (non-hydrogen) atoms. The van der Waals surface area contributed by atoms with Gasteiger partial charge in [-0.25, -0.2) is 0 Å². The Labute approximate surface area is 112 Å². The third-order valence-electron chi connectivity index (χ3n) is 3.76. The van der Waals surface area contributed by atoms with Gasteiger partial charge in [0, 0.05) is 6.04 Å². The molecule has 0 saturated carbocycles. The highest BCUT2D eigenvalue weighted by atomic mass is 16.5. The van der Waals surface area contributed by atoms with E-state index < -0.39 is 0 Å². The van der Waals surface area contributed by atoms with Crippen LogP contribution in [0.3, 0.4) is 0 Å². The zero-order chi connectivity index (χ0) is 13.5. The lowest BCUT2D eigenvalue weighted by Crippen LogP contribution is -2.38. The van der Waals surface area contributed by atoms with E-state index >= 15 is 0 Å². The molecule has 0 heterocycles. The van der Waals surface area contributed by atoms with Crippen molar-refractivity contribution >= 4 is 0 Å². The van der Waals surface area contributed by atoms with Gasteiger partial charge in [-0.15, -0.1) is 0 Å². The molecule has 0 spiro atoms. The Balaban J connectivity index is 2.63. The summed E-state index contributed by atoms with van der Waals surface area (Å²) in [6, 6.07) is 8.92. The minimum Gasteiger partial charge on any atom is -0.489 e. The minimum atomic E-state index is 0.189. The molecular weight excluding hydrogens is 222 g/mol. The maximum atomic E-state index is 5.96. The number of rotatable bonds is 7. The van der Waals surface area contributed by atoms with E-state index in [1.807, 2.05) is 7.05 Å². The topological polar surface area (TPSA) is 21.3 Å². The van der Waals surface area contributed by atoms with E-state index in [0.717, 1.165) is 12.2 Å². The maximum Gasteiger partial charge on any atom is 0.119 e. The molecule has 0 aliphatic carbocycles. The van der Waals surface area contributed by atoms with E-state index in [9.17, 15) is 0 Å². The predicted molar refractivity (Wildman–Crippen MR) is 78.4 cm³/mol. The van der Waals surface area contributed by atoms with Gasteiger partial charge in [-0.1, -0.05) is 32.9 Å². The number of benzene rings is 1. The van der Waals surface area contributed by atoms with Gasteiger partial charge in [-0.05, 0) is 50.4 Å². The molecule has 1 rings (SSSR count). The van der Waals surface area contributed by atoms with Crippen LogP contribution in [-0.2, 0) is 0 Å². The summed E-state index contributed by atoms with van der Waals surface area (Å²) < 4.78 is 5.96. The van der Waals surface area contributed by atoms with Crippen LogP contribution in [0.4, 0.5) is 0 Å². The fourth-order valence-electron chi connectivity index (χ4n) is 2.18. The van der Waals surface area contributed by atoms with E-state index in [0.29, 0.717) is 12.0 Å². The second kappa shape index (κ2) is 7.42. The molecule has 1 aromatic carbocycles. The highest BCUT2D eigenvalue weighted by Gasteiger charge is 2.14. The summed E-state index contributed by atoms with van der Waals surface area (Å²) in [4.78, 5) is 0. The second-order valence-corrected chi connectivity index (χ2v) is 5.00. The Morgan fingerprint density at radius 2 is 1.67 bits per heavy atom. The Bertz CT molecular complexity index is 329. The van der Waals surface area contributed by atoms with E-state index in [-0.39, 0.29) is 6.10 Å². The third-order valence-corrected chi connectivity index (χ3v) is 3.76. The largest absolute Gasteiger partial charge is 0.489 e. The van der Waals surface area contributed by atoms with Crippen LogP contribution in [-0.4, -0.2) is 19.2 Å². The summed E-state index contributed by atoms with van der Waals surface area (Å²) in [6.07, 6.45) is 2.44. The lowest BCUT2D eigenvalue weighted by molar-refractivity contribution is 0.172. The highest BCUT2D eigenvalue weighted by molar-refractivity contribution is 5.29. The first-order valence-corrected chi connectivity index (χ1v) is 7.06. The standard InChI is InChI=1S/C16H27NO/c1-6-12(3)14-8-10-15(11-9-14)18-13(4)16(7-2)17-5/h8-13,16-17H,6-7H2,1-5H3. The van der Waals surface area contributed by atoms with Gasteiger partial charge in [0.25, 0.3) is 0 Å². The molecule has 0 radical (unpaired) electrons. The van der Waals surface area contributed by atoms with Crippen molar-refractivity contribution in [3.8, 4) is 5.75 Å². The lowest BCUT2D eigenvalue weighted by atomic mass is 9.99. The van der Waals surface area contributed by atoms with Crippen molar-refractivity contribution in [3.05, 3.63) is 29.8 Å². The molecule has 0 aromatic heterocycles. The molecule has 0 aliphatic rings. The van der Waals surface area contributed by atoms with Crippen LogP contribution in [0.1, 0.15) is 52.0 Å². The molecule has 102 valence electrons. The fourth-order valence-corrected chi connectivity index (χ4v) is 2.18. The molecule has 0 bridgehead atoms. The number of nitrogens with one attached hydrogen (secondary N) is 1. The summed E-state index contributed by atoms with van der Waals surface area (Å²) >= 11 is 0. The molecule has 2 nitrogen and oxygen atoms in total. The predicted octanol–water partition coefficient (Wildman–Crippen LogP) is 3.97. The molecule has 1 aromatic rings. The van der Waals surface area contributed by atoms with Crippen molar-refractivity contribution in [2.24, 2.45) is 0 Å². The van der Waals surface area contributed by atoms with Gasteiger partial charge in [-0.2, -0.15) is 0 Å². The third kappa shape index (κ3) is 4.02. The summed E-state index contributed by atoms with van der Waals surface area (Å²) in [5.74, 6) is 1.58. The van der Waals surface area contributed by atoms with Gasteiger partial charge >= 0.3 is 0 Å². The first kappa shape index (κ1) is 15.0. The number of likely N-dealkylation sites (N-methyl/N-ethyl adjacent to an activating group) is 1. The van der Waals surface area contributed by atoms with Crippen molar-refractivity contribution in [1.82, 2.24) is 5.32 Å². The van der Waals surface area contributed by atoms with Gasteiger partial charge in [0.15, 0.2) is 0 Å². The quantitative estimate of drug-likeness (QED) is 0.789. The number of hydrogen-bond acceptors (Lipinski definition) is 2. The van der Waals surface area contributed by atoms with Crippen LogP contribution in [0, 0.1) is 0 Å². The van der Waals surface area contributed by atoms with Crippen LogP contribution in [0.2, 0.25) is 0 Å². The second-order valence-electron chi connectivity index (χ2n) is 5.00. The normalized spacial score (nSPS) is 16.1. The molecule has 2 heteroatoms. The average molecular weight is 249 g/mol. The zero-order valence-electron chi connectivity index (χ0n) is 12.4. The molecular formula is C16H27NO. The van der Waals surface area contributed by atoms with Crippen LogP contribution in [0.25, 0.3) is 0 Å². The van der Waals surface area contributed by atoms with Crippen molar-refractivity contribution in [1.29, 1.82) is 0 Å². The van der Waals surface area contributed by atoms with Crippen molar-refractivity contribution in [2.45, 2.75) is 58.6 Å². The molecule has 0 fully saturated rings. The van der Waals surface area contributed by atoms with Crippen LogP contribution < -0.4 is 10.1 Å². The Morgan fingerprint density at radius 1 is 1.06 bits per heavy atom. The Kier molecular flexibility index (Phi) is 6.20. The molecule has 1 N–H and O–H groups in total. The first-order chi connectivity index (χ1) is 8.62. The Hall–Kier alpha value is -1.02. The van der Waals surface area contributed by atoms with Crippen LogP contribution in [0.15, 0.2) is 24.3 Å². The Morgan fingerprint density at radius 3 is 2.11 bits per heavy atom. The lowest BCUT2D eigenvalue weighted by Gasteiger charge is -2.23.